The van der Waals surface area contributed by atoms with Crippen LogP contribution in [-0.4, -0.2) is 34.5 Å². The second kappa shape index (κ2) is 5.79. The molecule has 0 N–H and O–H groups in total. The highest BCUT2D eigenvalue weighted by Crippen LogP contribution is 2.32. The van der Waals surface area contributed by atoms with Crippen molar-refractivity contribution in [2.75, 3.05) is 12.3 Å². The number of carbonyl (C=O) groups is 1. The Morgan fingerprint density at radius 3 is 2.80 bits per heavy atom. The summed E-state index contributed by atoms with van der Waals surface area (Å²) in [5.41, 5.74) is 2.24. The molecule has 1 aromatic carbocycles. The van der Waals surface area contributed by atoms with Crippen LogP contribution in [0.3, 0.4) is 0 Å². The molecule has 1 saturated heterocycles. The second-order valence-corrected chi connectivity index (χ2v) is 6.22. The number of hydrogen-bond donors (Lipinski definition) is 0. The SMILES string of the molecule is Cc1ccc(/C=N/N=C2\SCC(=O)N2CC2CC2)cc1. The van der Waals surface area contributed by atoms with Crippen LogP contribution in [0, 0.1) is 12.8 Å². The van der Waals surface area contributed by atoms with Gasteiger partial charge in [0.1, 0.15) is 0 Å². The third kappa shape index (κ3) is 3.28. The van der Waals surface area contributed by atoms with Gasteiger partial charge >= 0.3 is 0 Å². The molecule has 0 atom stereocenters. The Kier molecular flexibility index (Phi) is 3.87. The highest BCUT2D eigenvalue weighted by atomic mass is 32.2. The minimum Gasteiger partial charge on any atom is -0.289 e. The third-order valence-electron chi connectivity index (χ3n) is 3.42. The fraction of sp³-hybridized carbons (Fsp3) is 0.400. The number of amides is 1. The van der Waals surface area contributed by atoms with E-state index in [1.165, 1.54) is 30.2 Å². The van der Waals surface area contributed by atoms with E-state index in [0.29, 0.717) is 11.7 Å². The van der Waals surface area contributed by atoms with E-state index in [2.05, 4.69) is 17.1 Å². The predicted molar refractivity (Wildman–Crippen MR) is 83.1 cm³/mol. The maximum absolute atomic E-state index is 11.8. The number of hydrogen-bond acceptors (Lipinski definition) is 4. The number of nitrogens with zero attached hydrogens (tertiary/aromatic N) is 3. The number of aryl methyl sites for hydroxylation is 1. The molecule has 3 rings (SSSR count). The van der Waals surface area contributed by atoms with Crippen molar-refractivity contribution in [1.29, 1.82) is 0 Å². The van der Waals surface area contributed by atoms with E-state index in [0.717, 1.165) is 17.3 Å². The minimum absolute atomic E-state index is 0.159. The molecule has 2 aliphatic rings. The molecule has 0 bridgehead atoms. The van der Waals surface area contributed by atoms with Crippen LogP contribution in [0.1, 0.15) is 24.0 Å². The van der Waals surface area contributed by atoms with Crippen LogP contribution in [0.4, 0.5) is 0 Å². The van der Waals surface area contributed by atoms with Crippen LogP contribution in [-0.2, 0) is 4.79 Å². The highest BCUT2D eigenvalue weighted by Gasteiger charge is 2.33. The molecular formula is C15H17N3OS. The first-order chi connectivity index (χ1) is 9.72. The molecular weight excluding hydrogens is 270 g/mol. The molecule has 4 nitrogen and oxygen atoms in total. The summed E-state index contributed by atoms with van der Waals surface area (Å²) in [6.45, 7) is 2.86. The molecule has 2 fully saturated rings. The summed E-state index contributed by atoms with van der Waals surface area (Å²) in [4.78, 5) is 13.6. The third-order valence-corrected chi connectivity index (χ3v) is 4.37. The zero-order valence-corrected chi connectivity index (χ0v) is 12.3. The zero-order valence-electron chi connectivity index (χ0n) is 11.5. The van der Waals surface area contributed by atoms with Crippen LogP contribution in [0.15, 0.2) is 34.5 Å². The molecule has 1 heterocycles. The van der Waals surface area contributed by atoms with Crippen molar-refractivity contribution in [2.24, 2.45) is 16.1 Å². The first kappa shape index (κ1) is 13.4. The van der Waals surface area contributed by atoms with Gasteiger partial charge in [0.05, 0.1) is 12.0 Å². The Hall–Kier alpha value is -1.62. The standard InChI is InChI=1S/C15H17N3OS/c1-11-2-4-12(5-3-11)8-16-17-15-18(9-13-6-7-13)14(19)10-20-15/h2-5,8,13H,6-7,9-10H2,1H3/b16-8+,17-15-. The van der Waals surface area contributed by atoms with Gasteiger partial charge in [0.2, 0.25) is 5.91 Å². The summed E-state index contributed by atoms with van der Waals surface area (Å²) in [5.74, 6) is 1.32. The lowest BCUT2D eigenvalue weighted by molar-refractivity contribution is -0.124. The first-order valence-corrected chi connectivity index (χ1v) is 7.82. The number of rotatable bonds is 4. The Balaban J connectivity index is 1.67. The predicted octanol–water partition coefficient (Wildman–Crippen LogP) is 2.67. The van der Waals surface area contributed by atoms with Crippen molar-refractivity contribution in [3.05, 3.63) is 35.4 Å². The molecule has 104 valence electrons. The van der Waals surface area contributed by atoms with Crippen molar-refractivity contribution in [2.45, 2.75) is 19.8 Å². The minimum atomic E-state index is 0.159. The van der Waals surface area contributed by atoms with Crippen molar-refractivity contribution in [3.63, 3.8) is 0 Å². The van der Waals surface area contributed by atoms with Crippen molar-refractivity contribution in [1.82, 2.24) is 4.90 Å². The second-order valence-electron chi connectivity index (χ2n) is 5.27. The summed E-state index contributed by atoms with van der Waals surface area (Å²) in [6, 6.07) is 8.10. The van der Waals surface area contributed by atoms with Gasteiger partial charge < -0.3 is 0 Å². The summed E-state index contributed by atoms with van der Waals surface area (Å²) < 4.78 is 0. The lowest BCUT2D eigenvalue weighted by atomic mass is 10.2. The van der Waals surface area contributed by atoms with Gasteiger partial charge in [-0.1, -0.05) is 41.6 Å². The molecule has 1 amide bonds. The van der Waals surface area contributed by atoms with Gasteiger partial charge in [0, 0.05) is 6.54 Å². The van der Waals surface area contributed by atoms with Crippen molar-refractivity contribution >= 4 is 29.1 Å². The summed E-state index contributed by atoms with van der Waals surface area (Å²) in [5, 5.41) is 9.06. The van der Waals surface area contributed by atoms with Gasteiger partial charge in [-0.3, -0.25) is 9.69 Å². The molecule has 0 spiro atoms. The summed E-state index contributed by atoms with van der Waals surface area (Å²) in [7, 11) is 0. The van der Waals surface area contributed by atoms with E-state index < -0.39 is 0 Å². The summed E-state index contributed by atoms with van der Waals surface area (Å²) >= 11 is 1.48. The molecule has 0 radical (unpaired) electrons. The zero-order chi connectivity index (χ0) is 13.9. The number of amidine groups is 1. The Bertz CT molecular complexity index is 561. The fourth-order valence-corrected chi connectivity index (χ4v) is 2.85. The molecule has 5 heteroatoms. The van der Waals surface area contributed by atoms with E-state index in [1.54, 1.807) is 11.1 Å². The maximum atomic E-state index is 11.8. The largest absolute Gasteiger partial charge is 0.289 e. The average molecular weight is 287 g/mol. The number of thioether (sulfide) groups is 1. The number of carbonyl (C=O) groups excluding carboxylic acids is 1. The van der Waals surface area contributed by atoms with Crippen LogP contribution in [0.2, 0.25) is 0 Å². The molecule has 1 saturated carbocycles. The lowest BCUT2D eigenvalue weighted by Gasteiger charge is -2.13. The monoisotopic (exact) mass is 287 g/mol. The molecule has 1 aromatic rings. The molecule has 0 aromatic heterocycles. The van der Waals surface area contributed by atoms with Gasteiger partial charge in [0.25, 0.3) is 0 Å². The lowest BCUT2D eigenvalue weighted by Crippen LogP contribution is -2.31. The van der Waals surface area contributed by atoms with Gasteiger partial charge in [0.15, 0.2) is 5.17 Å². The molecule has 20 heavy (non-hydrogen) atoms. The Morgan fingerprint density at radius 1 is 1.35 bits per heavy atom. The highest BCUT2D eigenvalue weighted by molar-refractivity contribution is 8.15. The van der Waals surface area contributed by atoms with Gasteiger partial charge in [-0.15, -0.1) is 5.10 Å². The van der Waals surface area contributed by atoms with Crippen molar-refractivity contribution in [3.8, 4) is 0 Å². The van der Waals surface area contributed by atoms with Crippen LogP contribution < -0.4 is 0 Å². The van der Waals surface area contributed by atoms with E-state index >= 15 is 0 Å². The smallest absolute Gasteiger partial charge is 0.239 e. The van der Waals surface area contributed by atoms with E-state index in [4.69, 9.17) is 0 Å². The van der Waals surface area contributed by atoms with Gasteiger partial charge in [-0.25, -0.2) is 0 Å². The Morgan fingerprint density at radius 2 is 2.10 bits per heavy atom. The van der Waals surface area contributed by atoms with Crippen molar-refractivity contribution < 1.29 is 4.79 Å². The summed E-state index contributed by atoms with van der Waals surface area (Å²) in [6.07, 6.45) is 4.19. The van der Waals surface area contributed by atoms with Crippen LogP contribution in [0.25, 0.3) is 0 Å². The molecule has 0 unspecified atom stereocenters. The van der Waals surface area contributed by atoms with E-state index in [9.17, 15) is 4.79 Å². The van der Waals surface area contributed by atoms with E-state index in [1.807, 2.05) is 24.3 Å². The number of benzene rings is 1. The first-order valence-electron chi connectivity index (χ1n) is 6.83. The Labute approximate surface area is 123 Å². The van der Waals surface area contributed by atoms with Gasteiger partial charge in [-0.2, -0.15) is 5.10 Å². The van der Waals surface area contributed by atoms with Crippen LogP contribution >= 0.6 is 11.8 Å². The maximum Gasteiger partial charge on any atom is 0.239 e. The molecule has 1 aliphatic heterocycles. The fourth-order valence-electron chi connectivity index (χ4n) is 2.01. The topological polar surface area (TPSA) is 45.0 Å². The normalized spacial score (nSPS) is 21.4. The molecule has 1 aliphatic carbocycles. The van der Waals surface area contributed by atoms with Gasteiger partial charge in [-0.05, 0) is 31.2 Å². The van der Waals surface area contributed by atoms with E-state index in [-0.39, 0.29) is 5.91 Å². The quantitative estimate of drug-likeness (QED) is 0.631. The average Bonchev–Trinajstić information content (AvgIpc) is 3.20. The van der Waals surface area contributed by atoms with Crippen LogP contribution in [0.5, 0.6) is 0 Å².